The number of rotatable bonds is 11. The van der Waals surface area contributed by atoms with Crippen molar-refractivity contribution in [2.24, 2.45) is 23.3 Å². The van der Waals surface area contributed by atoms with Crippen molar-refractivity contribution in [2.45, 2.75) is 138 Å². The highest BCUT2D eigenvalue weighted by Crippen LogP contribution is 2.36. The first kappa shape index (κ1) is 72.5. The quantitative estimate of drug-likeness (QED) is 0.0609. The first-order valence-electron chi connectivity index (χ1n) is 33.6. The third-order valence-corrected chi connectivity index (χ3v) is 21.2. The zero-order valence-corrected chi connectivity index (χ0v) is 56.9. The number of halogens is 2. The Labute approximate surface area is 581 Å². The number of unbranched alkanes of at least 4 members (excludes halogenated alkanes) is 1. The number of hydrogen-bond acceptors (Lipinski definition) is 14. The van der Waals surface area contributed by atoms with E-state index in [0.717, 1.165) is 16.7 Å². The fourth-order valence-electron chi connectivity index (χ4n) is 13.5. The first-order chi connectivity index (χ1) is 47.6. The molecule has 4 bridgehead atoms. The highest BCUT2D eigenvalue weighted by atomic mass is 32.2. The van der Waals surface area contributed by atoms with Gasteiger partial charge in [0.05, 0.1) is 24.0 Å². The van der Waals surface area contributed by atoms with Gasteiger partial charge in [-0.15, -0.1) is 0 Å². The molecule has 4 aliphatic rings. The molecule has 0 spiro atoms. The number of para-hydroxylation sites is 1. The predicted molar refractivity (Wildman–Crippen MR) is 375 cm³/mol. The molecule has 0 saturated carbocycles. The number of nitrogens with one attached hydrogen (secondary N) is 6. The molecule has 1 fully saturated rings. The summed E-state index contributed by atoms with van der Waals surface area (Å²) in [5, 5.41) is 24.6. The lowest BCUT2D eigenvalue weighted by atomic mass is 9.86. The topological polar surface area (TPSA) is 325 Å². The van der Waals surface area contributed by atoms with Gasteiger partial charge in [-0.1, -0.05) is 66.7 Å². The average Bonchev–Trinajstić information content (AvgIpc) is 1.69. The minimum Gasteiger partial charge on any atom is -0.508 e. The minimum atomic E-state index is -1.47. The maximum Gasteiger partial charge on any atom is 0.246 e. The van der Waals surface area contributed by atoms with Crippen LogP contribution in [-0.4, -0.2) is 141 Å². The van der Waals surface area contributed by atoms with E-state index >= 15 is 23.6 Å². The molecule has 1 aromatic heterocycles. The second-order valence-electron chi connectivity index (χ2n) is 26.1. The van der Waals surface area contributed by atoms with Crippen molar-refractivity contribution in [3.8, 4) is 5.75 Å². The number of aryl methyl sites for hydroxylation is 1. The smallest absolute Gasteiger partial charge is 0.246 e. The van der Waals surface area contributed by atoms with Crippen LogP contribution in [0.3, 0.4) is 0 Å². The van der Waals surface area contributed by atoms with Crippen molar-refractivity contribution in [3.05, 3.63) is 172 Å². The number of aromatic amines is 1. The number of H-pyrrole nitrogens is 1. The van der Waals surface area contributed by atoms with Crippen LogP contribution in [-0.2, 0) is 85.1 Å². The normalized spacial score (nSPS) is 23.3. The van der Waals surface area contributed by atoms with Gasteiger partial charge in [0.2, 0.25) is 47.3 Å². The molecule has 1 saturated heterocycles. The van der Waals surface area contributed by atoms with Crippen LogP contribution >= 0.6 is 23.5 Å². The summed E-state index contributed by atoms with van der Waals surface area (Å²) in [6.45, 7) is 0.848. The second kappa shape index (κ2) is 33.6. The Kier molecular flexibility index (Phi) is 24.6. The zero-order valence-electron chi connectivity index (χ0n) is 55.2. The lowest BCUT2D eigenvalue weighted by molar-refractivity contribution is -0.146. The van der Waals surface area contributed by atoms with Crippen LogP contribution in [0.4, 0.5) is 14.5 Å². The number of phenols is 1. The Morgan fingerprint density at radius 2 is 1.44 bits per heavy atom. The average molecular weight is 1390 g/mol. The molecule has 4 heterocycles. The molecule has 7 atom stereocenters. The standard InChI is InChI=1S/C74H84F2N10O11S2/c1-74-26-7-28-86(74)73(97)62(31-44-13-22-55(87)23-14-44)83-68(92)40-85-63-12-3-2-10-48(63)16-18-50(72(85)96)34-64(88)60(33-51-38-79-58-24-21-54(76)37-57(51)58)84-71(95)61(32-49-17-15-47-19-20-53(75)36-56(47)49)82-67(91)39-80-70(94)59(11-4-5-27-77)81-66(90)25-29-98-41-45-8-6-9-46(30-45)42-99-43-52(69(78)93)35-65(74)89/h2-3,6,8-10,12-14,17,19-24,30,36-38,50,52,59-62,79,87H,4-5,7,11,15-16,18,25-29,31-35,39-43,77H2,1H3,(H2,78,93)(H,80,94)(H,81,90)(H,82,91)(H,83,92)(H,84,95)/t50-,52+,59+,60+,61+,62+,74+/m1/s1. The van der Waals surface area contributed by atoms with E-state index in [4.69, 9.17) is 11.5 Å². The van der Waals surface area contributed by atoms with E-state index in [9.17, 15) is 38.3 Å². The van der Waals surface area contributed by atoms with Gasteiger partial charge in [0, 0.05) is 96.8 Å². The van der Waals surface area contributed by atoms with E-state index in [1.165, 1.54) is 75.8 Å². The fraction of sp³-hybridized carbons (Fsp3) is 0.405. The van der Waals surface area contributed by atoms with E-state index in [-0.39, 0.29) is 81.6 Å². The van der Waals surface area contributed by atoms with Crippen LogP contribution < -0.4 is 43.0 Å². The lowest BCUT2D eigenvalue weighted by Gasteiger charge is -2.37. The van der Waals surface area contributed by atoms with Crippen molar-refractivity contribution in [1.29, 1.82) is 0 Å². The number of benzene rings is 5. The second-order valence-corrected chi connectivity index (χ2v) is 28.3. The van der Waals surface area contributed by atoms with Gasteiger partial charge in [-0.2, -0.15) is 23.5 Å². The van der Waals surface area contributed by atoms with E-state index in [1.54, 1.807) is 61.7 Å². The van der Waals surface area contributed by atoms with Crippen LogP contribution in [0.2, 0.25) is 0 Å². The van der Waals surface area contributed by atoms with Crippen molar-refractivity contribution >= 4 is 105 Å². The molecular weight excluding hydrogens is 1310 g/mol. The van der Waals surface area contributed by atoms with E-state index in [2.05, 4.69) is 31.6 Å². The van der Waals surface area contributed by atoms with Crippen LogP contribution in [0, 0.1) is 23.5 Å². The Hall–Kier alpha value is -9.20. The number of aromatic hydroxyl groups is 1. The molecule has 6 aromatic rings. The number of allylic oxidation sites excluding steroid dienone is 1. The highest BCUT2D eigenvalue weighted by Gasteiger charge is 2.48. The first-order valence-corrected chi connectivity index (χ1v) is 35.9. The van der Waals surface area contributed by atoms with E-state index < -0.39 is 126 Å². The number of Topliss-reactive ketones (excluding diaryl/α,β-unsaturated/α-hetero) is 2. The number of primary amides is 1. The Morgan fingerprint density at radius 1 is 0.707 bits per heavy atom. The van der Waals surface area contributed by atoms with Gasteiger partial charge in [-0.25, -0.2) is 8.78 Å². The van der Waals surface area contributed by atoms with Gasteiger partial charge in [0.15, 0.2) is 11.6 Å². The number of ketones is 2. The predicted octanol–water partition coefficient (Wildman–Crippen LogP) is 6.72. The third-order valence-electron chi connectivity index (χ3n) is 19.0. The molecule has 1 aliphatic carbocycles. The number of nitrogens with two attached hydrogens (primary N) is 2. The fourth-order valence-corrected chi connectivity index (χ4v) is 15.5. The lowest BCUT2D eigenvalue weighted by Crippen LogP contribution is -2.59. The van der Waals surface area contributed by atoms with E-state index in [0.29, 0.717) is 93.9 Å². The molecule has 10 rings (SSSR count). The van der Waals surface area contributed by atoms with Gasteiger partial charge < -0.3 is 57.9 Å². The molecule has 5 aromatic carbocycles. The summed E-state index contributed by atoms with van der Waals surface area (Å²) in [4.78, 5) is 151. The molecule has 11 N–H and O–H groups in total. The largest absolute Gasteiger partial charge is 0.508 e. The summed E-state index contributed by atoms with van der Waals surface area (Å²) >= 11 is 2.93. The van der Waals surface area contributed by atoms with Crippen LogP contribution in [0.5, 0.6) is 5.75 Å². The van der Waals surface area contributed by atoms with Crippen LogP contribution in [0.1, 0.15) is 110 Å². The molecule has 21 nitrogen and oxygen atoms in total. The number of carbonyl (C=O) groups is 10. The highest BCUT2D eigenvalue weighted by molar-refractivity contribution is 7.98. The van der Waals surface area contributed by atoms with Gasteiger partial charge >= 0.3 is 0 Å². The van der Waals surface area contributed by atoms with Gasteiger partial charge in [-0.3, -0.25) is 47.9 Å². The summed E-state index contributed by atoms with van der Waals surface area (Å²) < 4.78 is 29.9. The Bertz CT molecular complexity index is 4060. The number of thioether (sulfide) groups is 2. The van der Waals surface area contributed by atoms with Crippen molar-refractivity contribution < 1.29 is 61.8 Å². The summed E-state index contributed by atoms with van der Waals surface area (Å²) in [6, 6.07) is 23.9. The van der Waals surface area contributed by atoms with Gasteiger partial charge in [-0.05, 0) is 158 Å². The minimum absolute atomic E-state index is 0.0391. The Morgan fingerprint density at radius 3 is 2.22 bits per heavy atom. The molecule has 8 amide bonds. The van der Waals surface area contributed by atoms with Crippen LogP contribution in [0.15, 0.2) is 121 Å². The monoisotopic (exact) mass is 1390 g/mol. The molecule has 25 heteroatoms. The SMILES string of the molecule is C[C@@]12CCCN1C(=O)[C@H](Cc1ccc(O)cc1)NC(=O)CN1C(=O)[C@H](CCc3ccccc31)CC(=O)[C@H](Cc1c[nH]c3ccc(F)cc13)NC(=O)[C@H](CC1=CCc3ccc(F)cc31)NC(=O)CNC(=O)[C@H](CCCCN)NC(=O)CCSCc1cccc(c1)CSC[C@@H](C(N)=O)CC2=O. The molecule has 99 heavy (non-hydrogen) atoms. The number of nitrogens with zero attached hydrogens (tertiary/aromatic N) is 2. The van der Waals surface area contributed by atoms with Crippen molar-refractivity contribution in [3.63, 3.8) is 0 Å². The van der Waals surface area contributed by atoms with Gasteiger partial charge in [0.1, 0.15) is 42.1 Å². The molecule has 3 aliphatic heterocycles. The third kappa shape index (κ3) is 18.8. The Balaban J connectivity index is 0.970. The molecule has 0 unspecified atom stereocenters. The number of fused-ring (bicyclic) bond motifs is 9. The number of phenolic OH excluding ortho intramolecular Hbond substituents is 1. The summed E-state index contributed by atoms with van der Waals surface area (Å²) in [7, 11) is 0. The number of aromatic nitrogens is 1. The molecule has 0 radical (unpaired) electrons. The van der Waals surface area contributed by atoms with Crippen molar-refractivity contribution in [1.82, 2.24) is 36.5 Å². The summed E-state index contributed by atoms with van der Waals surface area (Å²) in [5.41, 5.74) is 16.6. The van der Waals surface area contributed by atoms with Crippen LogP contribution in [0.25, 0.3) is 16.5 Å². The maximum atomic E-state index is 15.4. The zero-order chi connectivity index (χ0) is 70.3. The summed E-state index contributed by atoms with van der Waals surface area (Å²) in [5.74, 6) is -7.95. The number of carbonyl (C=O) groups excluding carboxylic acids is 10. The summed E-state index contributed by atoms with van der Waals surface area (Å²) in [6.07, 6.45) is 4.84. The maximum absolute atomic E-state index is 15.4. The van der Waals surface area contributed by atoms with Gasteiger partial charge in [0.25, 0.3) is 0 Å². The molecular formula is C74H84F2N10O11S2. The van der Waals surface area contributed by atoms with E-state index in [1.807, 2.05) is 24.3 Å². The number of anilines is 1. The number of hydrogen-bond donors (Lipinski definition) is 9. The number of amides is 8. The van der Waals surface area contributed by atoms with Crippen molar-refractivity contribution in [2.75, 3.05) is 42.6 Å². The molecule has 522 valence electrons.